The van der Waals surface area contributed by atoms with E-state index in [2.05, 4.69) is 0 Å². The Morgan fingerprint density at radius 1 is 1.21 bits per heavy atom. The highest BCUT2D eigenvalue weighted by Crippen LogP contribution is 2.39. The van der Waals surface area contributed by atoms with E-state index in [0.29, 0.717) is 24.8 Å². The summed E-state index contributed by atoms with van der Waals surface area (Å²) in [5.41, 5.74) is 0.139. The molecule has 1 spiro atoms. The Kier molecular flexibility index (Phi) is 3.89. The third-order valence-corrected chi connectivity index (χ3v) is 7.09. The normalized spacial score (nSPS) is 33.7. The van der Waals surface area contributed by atoms with E-state index in [1.807, 2.05) is 0 Å². The maximum Gasteiger partial charge on any atom is 0.214 e. The van der Waals surface area contributed by atoms with Gasteiger partial charge < -0.3 is 4.74 Å². The molecule has 110 valence electrons. The number of hydrogen-bond acceptors (Lipinski definition) is 3. The topological polar surface area (TPSA) is 46.6 Å². The quantitative estimate of drug-likeness (QED) is 0.794. The minimum atomic E-state index is -3.03. The van der Waals surface area contributed by atoms with Crippen molar-refractivity contribution < 1.29 is 13.2 Å². The molecule has 1 saturated carbocycles. The molecule has 0 N–H and O–H groups in total. The number of sulfonamides is 1. The highest BCUT2D eigenvalue weighted by molar-refractivity contribution is 7.89. The lowest BCUT2D eigenvalue weighted by Crippen LogP contribution is -2.34. The minimum Gasteiger partial charge on any atom is -0.381 e. The Morgan fingerprint density at radius 2 is 2.00 bits per heavy atom. The van der Waals surface area contributed by atoms with E-state index in [9.17, 15) is 8.42 Å². The van der Waals surface area contributed by atoms with E-state index >= 15 is 0 Å². The summed E-state index contributed by atoms with van der Waals surface area (Å²) in [6.07, 6.45) is 7.91. The van der Waals surface area contributed by atoms with Crippen molar-refractivity contribution in [3.63, 3.8) is 0 Å². The summed E-state index contributed by atoms with van der Waals surface area (Å²) in [4.78, 5) is 0. The van der Waals surface area contributed by atoms with Crippen LogP contribution in [0.15, 0.2) is 0 Å². The van der Waals surface area contributed by atoms with Crippen LogP contribution in [0.5, 0.6) is 0 Å². The lowest BCUT2D eigenvalue weighted by atomic mass is 9.87. The molecule has 3 aliphatic rings. The molecule has 0 amide bonds. The highest BCUT2D eigenvalue weighted by Gasteiger charge is 2.44. The monoisotopic (exact) mass is 287 g/mol. The van der Waals surface area contributed by atoms with E-state index in [4.69, 9.17) is 4.74 Å². The van der Waals surface area contributed by atoms with E-state index in [0.717, 1.165) is 32.5 Å². The van der Waals surface area contributed by atoms with Gasteiger partial charge in [0, 0.05) is 25.1 Å². The van der Waals surface area contributed by atoms with Gasteiger partial charge in [-0.3, -0.25) is 0 Å². The average Bonchev–Trinajstić information content (AvgIpc) is 3.11. The van der Waals surface area contributed by atoms with Crippen LogP contribution in [0.2, 0.25) is 0 Å². The van der Waals surface area contributed by atoms with Gasteiger partial charge in [0.15, 0.2) is 0 Å². The molecule has 0 aromatic heterocycles. The molecule has 19 heavy (non-hydrogen) atoms. The first-order chi connectivity index (χ1) is 9.10. The molecule has 1 aliphatic carbocycles. The van der Waals surface area contributed by atoms with Crippen LogP contribution in [0.4, 0.5) is 0 Å². The zero-order valence-corrected chi connectivity index (χ0v) is 12.5. The van der Waals surface area contributed by atoms with Gasteiger partial charge in [-0.1, -0.05) is 25.7 Å². The summed E-state index contributed by atoms with van der Waals surface area (Å²) in [5.74, 6) is 1.01. The van der Waals surface area contributed by atoms with Crippen LogP contribution in [-0.4, -0.2) is 44.8 Å². The molecule has 0 unspecified atom stereocenters. The second kappa shape index (κ2) is 5.34. The van der Waals surface area contributed by atoms with Crippen molar-refractivity contribution in [3.05, 3.63) is 0 Å². The van der Waals surface area contributed by atoms with Crippen LogP contribution in [0.1, 0.15) is 44.9 Å². The Hall–Kier alpha value is -0.130. The fraction of sp³-hybridized carbons (Fsp3) is 1.00. The van der Waals surface area contributed by atoms with Gasteiger partial charge in [-0.2, -0.15) is 0 Å². The van der Waals surface area contributed by atoms with Crippen molar-refractivity contribution in [3.8, 4) is 0 Å². The summed E-state index contributed by atoms with van der Waals surface area (Å²) in [7, 11) is -3.03. The third kappa shape index (κ3) is 2.98. The Morgan fingerprint density at radius 3 is 2.68 bits per heavy atom. The van der Waals surface area contributed by atoms with Gasteiger partial charge in [0.1, 0.15) is 0 Å². The third-order valence-electron chi connectivity index (χ3n) is 5.24. The molecule has 0 aromatic rings. The summed E-state index contributed by atoms with van der Waals surface area (Å²) < 4.78 is 32.0. The smallest absolute Gasteiger partial charge is 0.214 e. The number of rotatable bonds is 4. The van der Waals surface area contributed by atoms with E-state index in [-0.39, 0.29) is 5.41 Å². The lowest BCUT2D eigenvalue weighted by Gasteiger charge is -2.22. The van der Waals surface area contributed by atoms with Crippen LogP contribution in [0.25, 0.3) is 0 Å². The van der Waals surface area contributed by atoms with Gasteiger partial charge >= 0.3 is 0 Å². The van der Waals surface area contributed by atoms with Gasteiger partial charge in [-0.15, -0.1) is 0 Å². The fourth-order valence-corrected chi connectivity index (χ4v) is 5.58. The van der Waals surface area contributed by atoms with Gasteiger partial charge in [0.2, 0.25) is 10.0 Å². The summed E-state index contributed by atoms with van der Waals surface area (Å²) in [6.45, 7) is 2.95. The maximum absolute atomic E-state index is 12.4. The Balaban J connectivity index is 1.55. The molecule has 2 heterocycles. The van der Waals surface area contributed by atoms with Crippen LogP contribution in [0, 0.1) is 11.3 Å². The minimum absolute atomic E-state index is 0.139. The Bertz CT molecular complexity index is 408. The van der Waals surface area contributed by atoms with E-state index < -0.39 is 10.0 Å². The summed E-state index contributed by atoms with van der Waals surface area (Å²) in [5, 5.41) is 0. The molecule has 2 saturated heterocycles. The number of nitrogens with zero attached hydrogens (tertiary/aromatic N) is 1. The standard InChI is InChI=1S/C14H25NO3S/c16-19(17,10-5-13-3-1-2-4-13)15-8-6-14(11-15)7-9-18-12-14/h13H,1-12H2/t14-/m0/s1. The van der Waals surface area contributed by atoms with Crippen molar-refractivity contribution in [1.29, 1.82) is 0 Å². The first-order valence-corrected chi connectivity index (χ1v) is 9.26. The molecule has 0 aromatic carbocycles. The second-order valence-corrected chi connectivity index (χ2v) is 8.73. The predicted molar refractivity (Wildman–Crippen MR) is 74.4 cm³/mol. The molecule has 3 fully saturated rings. The molecule has 0 radical (unpaired) electrons. The summed E-state index contributed by atoms with van der Waals surface area (Å²) >= 11 is 0. The molecular weight excluding hydrogens is 262 g/mol. The lowest BCUT2D eigenvalue weighted by molar-refractivity contribution is 0.157. The first kappa shape index (κ1) is 13.8. The van der Waals surface area contributed by atoms with E-state index in [1.54, 1.807) is 4.31 Å². The second-order valence-electron chi connectivity index (χ2n) is 6.64. The van der Waals surface area contributed by atoms with Gasteiger partial charge in [0.05, 0.1) is 12.4 Å². The molecule has 2 aliphatic heterocycles. The number of ether oxygens (including phenoxy) is 1. The highest BCUT2D eigenvalue weighted by atomic mass is 32.2. The fourth-order valence-electron chi connectivity index (χ4n) is 3.85. The Labute approximate surface area is 116 Å². The zero-order chi connectivity index (χ0) is 13.3. The first-order valence-electron chi connectivity index (χ1n) is 7.65. The predicted octanol–water partition coefficient (Wildman–Crippen LogP) is 2.01. The van der Waals surface area contributed by atoms with Gasteiger partial charge in [-0.25, -0.2) is 12.7 Å². The van der Waals surface area contributed by atoms with E-state index in [1.165, 1.54) is 25.7 Å². The molecular formula is C14H25NO3S. The number of hydrogen-bond donors (Lipinski definition) is 0. The van der Waals surface area contributed by atoms with Crippen LogP contribution in [0.3, 0.4) is 0 Å². The molecule has 3 rings (SSSR count). The van der Waals surface area contributed by atoms with Crippen molar-refractivity contribution >= 4 is 10.0 Å². The molecule has 4 nitrogen and oxygen atoms in total. The molecule has 1 atom stereocenters. The molecule has 0 bridgehead atoms. The van der Waals surface area contributed by atoms with Crippen molar-refractivity contribution in [2.45, 2.75) is 44.9 Å². The van der Waals surface area contributed by atoms with Crippen LogP contribution >= 0.6 is 0 Å². The van der Waals surface area contributed by atoms with Gasteiger partial charge in [-0.05, 0) is 25.2 Å². The average molecular weight is 287 g/mol. The molecule has 5 heteroatoms. The van der Waals surface area contributed by atoms with Crippen LogP contribution in [-0.2, 0) is 14.8 Å². The largest absolute Gasteiger partial charge is 0.381 e. The zero-order valence-electron chi connectivity index (χ0n) is 11.6. The van der Waals surface area contributed by atoms with Gasteiger partial charge in [0.25, 0.3) is 0 Å². The van der Waals surface area contributed by atoms with Crippen molar-refractivity contribution in [1.82, 2.24) is 4.31 Å². The SMILES string of the molecule is O=S(=O)(CCC1CCCC1)N1CC[C@]2(CCOC2)C1. The maximum atomic E-state index is 12.4. The van der Waals surface area contributed by atoms with Crippen molar-refractivity contribution in [2.24, 2.45) is 11.3 Å². The van der Waals surface area contributed by atoms with Crippen molar-refractivity contribution in [2.75, 3.05) is 32.1 Å². The summed E-state index contributed by atoms with van der Waals surface area (Å²) in [6, 6.07) is 0. The van der Waals surface area contributed by atoms with Crippen LogP contribution < -0.4 is 0 Å².